The zero-order valence-electron chi connectivity index (χ0n) is 11.8. The van der Waals surface area contributed by atoms with Crippen LogP contribution in [0.2, 0.25) is 0 Å². The smallest absolute Gasteiger partial charge is 0.267 e. The first kappa shape index (κ1) is 13.4. The van der Waals surface area contributed by atoms with Crippen LogP contribution < -0.4 is 11.1 Å². The van der Waals surface area contributed by atoms with Crippen molar-refractivity contribution < 1.29 is 0 Å². The molecule has 0 saturated heterocycles. The molecule has 0 radical (unpaired) electrons. The van der Waals surface area contributed by atoms with Crippen molar-refractivity contribution in [1.82, 2.24) is 9.36 Å². The van der Waals surface area contributed by atoms with E-state index in [4.69, 9.17) is 0 Å². The minimum absolute atomic E-state index is 0.129. The van der Waals surface area contributed by atoms with Gasteiger partial charge in [0, 0.05) is 6.54 Å². The van der Waals surface area contributed by atoms with Crippen LogP contribution in [0.15, 0.2) is 64.2 Å². The predicted octanol–water partition coefficient (Wildman–Crippen LogP) is 2.56. The summed E-state index contributed by atoms with van der Waals surface area (Å²) in [5.74, 6) is 0. The second-order valence-electron chi connectivity index (χ2n) is 4.93. The summed E-state index contributed by atoms with van der Waals surface area (Å²) in [6.45, 7) is 2.50. The van der Waals surface area contributed by atoms with Crippen LogP contribution in [0.5, 0.6) is 0 Å². The molecule has 2 aromatic carbocycles. The Morgan fingerprint density at radius 2 is 1.38 bits per heavy atom. The van der Waals surface area contributed by atoms with Crippen LogP contribution in [0.1, 0.15) is 13.3 Å². The largest absolute Gasteiger partial charge is 0.278 e. The fraction of sp³-hybridized carbons (Fsp3) is 0.176. The van der Waals surface area contributed by atoms with E-state index in [1.165, 1.54) is 9.36 Å². The van der Waals surface area contributed by atoms with E-state index in [1.54, 1.807) is 24.3 Å². The monoisotopic (exact) mass is 280 g/mol. The Labute approximate surface area is 121 Å². The van der Waals surface area contributed by atoms with E-state index >= 15 is 0 Å². The fourth-order valence-electron chi connectivity index (χ4n) is 2.55. The molecule has 0 spiro atoms. The van der Waals surface area contributed by atoms with Gasteiger partial charge in [-0.2, -0.15) is 0 Å². The van der Waals surface area contributed by atoms with Crippen LogP contribution in [-0.2, 0) is 6.54 Å². The van der Waals surface area contributed by atoms with Gasteiger partial charge in [0.05, 0.1) is 16.5 Å². The first-order valence-corrected chi connectivity index (χ1v) is 7.04. The first-order chi connectivity index (χ1) is 10.2. The van der Waals surface area contributed by atoms with E-state index < -0.39 is 0 Å². The van der Waals surface area contributed by atoms with Gasteiger partial charge >= 0.3 is 0 Å². The lowest BCUT2D eigenvalue weighted by Crippen LogP contribution is -2.37. The van der Waals surface area contributed by atoms with Gasteiger partial charge in [-0.1, -0.05) is 37.3 Å². The van der Waals surface area contributed by atoms with Gasteiger partial charge in [0.2, 0.25) is 0 Å². The Kier molecular flexibility index (Phi) is 3.44. The van der Waals surface area contributed by atoms with Gasteiger partial charge in [0.1, 0.15) is 0 Å². The SMILES string of the molecule is CCCn1c(=O)c2ccccc2c(=O)n1-c1ccccc1. The lowest BCUT2D eigenvalue weighted by atomic mass is 10.2. The summed E-state index contributed by atoms with van der Waals surface area (Å²) in [6, 6.07) is 16.3. The van der Waals surface area contributed by atoms with Gasteiger partial charge in [-0.25, -0.2) is 9.36 Å². The highest BCUT2D eigenvalue weighted by Gasteiger charge is 2.13. The normalized spacial score (nSPS) is 10.9. The number of benzene rings is 2. The number of hydrogen-bond donors (Lipinski definition) is 0. The van der Waals surface area contributed by atoms with Crippen molar-refractivity contribution in [3.05, 3.63) is 75.3 Å². The summed E-state index contributed by atoms with van der Waals surface area (Å²) in [7, 11) is 0. The Balaban J connectivity index is 2.48. The summed E-state index contributed by atoms with van der Waals surface area (Å²) in [4.78, 5) is 25.4. The molecule has 0 atom stereocenters. The Hall–Kier alpha value is -2.62. The number of para-hydroxylation sites is 1. The van der Waals surface area contributed by atoms with Crippen molar-refractivity contribution in [2.75, 3.05) is 0 Å². The maximum Gasteiger partial charge on any atom is 0.278 e. The summed E-state index contributed by atoms with van der Waals surface area (Å²) >= 11 is 0. The quantitative estimate of drug-likeness (QED) is 0.740. The average Bonchev–Trinajstić information content (AvgIpc) is 2.54. The number of nitrogens with zero attached hydrogens (tertiary/aromatic N) is 2. The third-order valence-electron chi connectivity index (χ3n) is 3.49. The van der Waals surface area contributed by atoms with Crippen molar-refractivity contribution in [3.63, 3.8) is 0 Å². The van der Waals surface area contributed by atoms with Crippen molar-refractivity contribution in [1.29, 1.82) is 0 Å². The van der Waals surface area contributed by atoms with Crippen LogP contribution in [-0.4, -0.2) is 9.36 Å². The zero-order valence-corrected chi connectivity index (χ0v) is 11.8. The van der Waals surface area contributed by atoms with Crippen molar-refractivity contribution >= 4 is 10.8 Å². The molecule has 0 aliphatic heterocycles. The number of fused-ring (bicyclic) bond motifs is 1. The molecule has 3 aromatic rings. The molecule has 0 aliphatic carbocycles. The topological polar surface area (TPSA) is 44.0 Å². The number of rotatable bonds is 3. The lowest BCUT2D eigenvalue weighted by Gasteiger charge is -2.16. The highest BCUT2D eigenvalue weighted by atomic mass is 16.2. The minimum atomic E-state index is -0.162. The Morgan fingerprint density at radius 3 is 2.00 bits per heavy atom. The predicted molar refractivity (Wildman–Crippen MR) is 84.1 cm³/mol. The zero-order chi connectivity index (χ0) is 14.8. The van der Waals surface area contributed by atoms with E-state index in [1.807, 2.05) is 37.3 Å². The van der Waals surface area contributed by atoms with E-state index in [2.05, 4.69) is 0 Å². The highest BCUT2D eigenvalue weighted by molar-refractivity contribution is 5.80. The average molecular weight is 280 g/mol. The molecule has 3 rings (SSSR count). The van der Waals surface area contributed by atoms with Crippen LogP contribution >= 0.6 is 0 Å². The van der Waals surface area contributed by atoms with E-state index in [-0.39, 0.29) is 11.1 Å². The maximum absolute atomic E-state index is 12.8. The van der Waals surface area contributed by atoms with Crippen LogP contribution in [0.25, 0.3) is 16.5 Å². The Bertz CT molecular complexity index is 892. The fourth-order valence-corrected chi connectivity index (χ4v) is 2.55. The first-order valence-electron chi connectivity index (χ1n) is 7.04. The molecule has 0 bridgehead atoms. The molecule has 0 aliphatic rings. The highest BCUT2D eigenvalue weighted by Crippen LogP contribution is 2.09. The molecule has 4 heteroatoms. The van der Waals surface area contributed by atoms with Gasteiger partial charge in [0.15, 0.2) is 0 Å². The second kappa shape index (κ2) is 5.40. The van der Waals surface area contributed by atoms with Gasteiger partial charge in [-0.3, -0.25) is 9.59 Å². The molecule has 4 nitrogen and oxygen atoms in total. The standard InChI is InChI=1S/C17H16N2O2/c1-2-12-18-16(20)14-10-6-7-11-15(14)17(21)19(18)13-8-4-3-5-9-13/h3-11H,2,12H2,1H3. The molecular formula is C17H16N2O2. The molecular weight excluding hydrogens is 264 g/mol. The van der Waals surface area contributed by atoms with Gasteiger partial charge in [0.25, 0.3) is 11.1 Å². The molecule has 0 amide bonds. The Morgan fingerprint density at radius 1 is 0.810 bits per heavy atom. The van der Waals surface area contributed by atoms with Crippen LogP contribution in [0.3, 0.4) is 0 Å². The molecule has 0 unspecified atom stereocenters. The van der Waals surface area contributed by atoms with Gasteiger partial charge in [-0.15, -0.1) is 0 Å². The molecule has 0 saturated carbocycles. The van der Waals surface area contributed by atoms with Gasteiger partial charge in [-0.05, 0) is 30.7 Å². The van der Waals surface area contributed by atoms with Gasteiger partial charge < -0.3 is 0 Å². The van der Waals surface area contributed by atoms with Crippen LogP contribution in [0, 0.1) is 0 Å². The number of hydrogen-bond acceptors (Lipinski definition) is 2. The molecule has 1 heterocycles. The van der Waals surface area contributed by atoms with Crippen molar-refractivity contribution in [3.8, 4) is 5.69 Å². The molecule has 0 fully saturated rings. The van der Waals surface area contributed by atoms with E-state index in [9.17, 15) is 9.59 Å². The van der Waals surface area contributed by atoms with Crippen LogP contribution in [0.4, 0.5) is 0 Å². The minimum Gasteiger partial charge on any atom is -0.267 e. The van der Waals surface area contributed by atoms with E-state index in [0.717, 1.165) is 6.42 Å². The summed E-state index contributed by atoms with van der Waals surface area (Å²) in [6.07, 6.45) is 0.782. The molecule has 0 N–H and O–H groups in total. The lowest BCUT2D eigenvalue weighted by molar-refractivity contribution is 0.505. The third kappa shape index (κ3) is 2.18. The van der Waals surface area contributed by atoms with Crippen molar-refractivity contribution in [2.24, 2.45) is 0 Å². The van der Waals surface area contributed by atoms with E-state index in [0.29, 0.717) is 23.0 Å². The molecule has 1 aromatic heterocycles. The molecule has 21 heavy (non-hydrogen) atoms. The summed E-state index contributed by atoms with van der Waals surface area (Å²) in [5, 5.41) is 0.932. The second-order valence-corrected chi connectivity index (χ2v) is 4.93. The summed E-state index contributed by atoms with van der Waals surface area (Å²) < 4.78 is 3.01. The maximum atomic E-state index is 12.8. The third-order valence-corrected chi connectivity index (χ3v) is 3.49. The summed E-state index contributed by atoms with van der Waals surface area (Å²) in [5.41, 5.74) is 0.416. The molecule has 106 valence electrons. The number of aromatic nitrogens is 2. The van der Waals surface area contributed by atoms with Crippen molar-refractivity contribution in [2.45, 2.75) is 19.9 Å².